The number of nitrogens with one attached hydrogen (secondary N) is 4. The van der Waals surface area contributed by atoms with Crippen molar-refractivity contribution in [3.05, 3.63) is 83.0 Å². The lowest BCUT2D eigenvalue weighted by Gasteiger charge is -2.13. The third-order valence-corrected chi connectivity index (χ3v) is 6.95. The number of hydrazine groups is 1. The number of thiophene rings is 1. The van der Waals surface area contributed by atoms with Gasteiger partial charge in [-0.25, -0.2) is 12.8 Å². The van der Waals surface area contributed by atoms with Gasteiger partial charge in [-0.1, -0.05) is 30.3 Å². The Labute approximate surface area is 193 Å². The average Bonchev–Trinajstić information content (AvgIpc) is 3.32. The molecule has 0 bridgehead atoms. The minimum Gasteiger partial charge on any atom is -0.347 e. The standard InChI is InChI=1S/C21H19FN4O5S2/c22-15-6-3-5-14(11-15)12-18(27)23-13-19(28)24-25-21(29)16-7-1-2-8-17(16)26-33(30,31)20-9-4-10-32-20/h1-11,26H,12-13H2,(H,23,27)(H,24,28)(H,25,29). The Morgan fingerprint density at radius 2 is 1.70 bits per heavy atom. The Kier molecular flexibility index (Phi) is 7.74. The molecule has 0 spiro atoms. The molecule has 1 heterocycles. The predicted octanol–water partition coefficient (Wildman–Crippen LogP) is 1.81. The molecule has 0 atom stereocenters. The summed E-state index contributed by atoms with van der Waals surface area (Å²) in [6, 6.07) is 14.4. The molecule has 4 N–H and O–H groups in total. The molecule has 0 unspecified atom stereocenters. The monoisotopic (exact) mass is 490 g/mol. The number of hydrogen-bond donors (Lipinski definition) is 4. The van der Waals surface area contributed by atoms with Crippen LogP contribution in [0, 0.1) is 5.82 Å². The van der Waals surface area contributed by atoms with Crippen LogP contribution in [0.4, 0.5) is 10.1 Å². The van der Waals surface area contributed by atoms with Crippen molar-refractivity contribution in [3.8, 4) is 0 Å². The van der Waals surface area contributed by atoms with Crippen molar-refractivity contribution >= 4 is 44.8 Å². The number of amides is 3. The van der Waals surface area contributed by atoms with E-state index < -0.39 is 40.1 Å². The molecule has 12 heteroatoms. The highest BCUT2D eigenvalue weighted by Crippen LogP contribution is 2.22. The van der Waals surface area contributed by atoms with Gasteiger partial charge in [0.2, 0.25) is 5.91 Å². The second kappa shape index (κ2) is 10.7. The zero-order chi connectivity index (χ0) is 23.8. The number of rotatable bonds is 8. The van der Waals surface area contributed by atoms with Gasteiger partial charge in [0.1, 0.15) is 10.0 Å². The first-order valence-corrected chi connectivity index (χ1v) is 11.9. The van der Waals surface area contributed by atoms with Crippen LogP contribution in [-0.2, 0) is 26.0 Å². The zero-order valence-electron chi connectivity index (χ0n) is 17.0. The van der Waals surface area contributed by atoms with E-state index >= 15 is 0 Å². The Bertz CT molecular complexity index is 1260. The van der Waals surface area contributed by atoms with Crippen LogP contribution in [0.25, 0.3) is 0 Å². The minimum absolute atomic E-state index is 0.0203. The Morgan fingerprint density at radius 3 is 2.42 bits per heavy atom. The van der Waals surface area contributed by atoms with E-state index in [1.807, 2.05) is 0 Å². The lowest BCUT2D eigenvalue weighted by atomic mass is 10.1. The van der Waals surface area contributed by atoms with Crippen LogP contribution in [0.2, 0.25) is 0 Å². The number of sulfonamides is 1. The topological polar surface area (TPSA) is 133 Å². The van der Waals surface area contributed by atoms with E-state index in [9.17, 15) is 27.2 Å². The van der Waals surface area contributed by atoms with Crippen molar-refractivity contribution in [1.82, 2.24) is 16.2 Å². The molecule has 2 aromatic carbocycles. The highest BCUT2D eigenvalue weighted by molar-refractivity contribution is 7.94. The van der Waals surface area contributed by atoms with E-state index in [0.717, 1.165) is 11.3 Å². The molecule has 1 aromatic heterocycles. The summed E-state index contributed by atoms with van der Waals surface area (Å²) in [7, 11) is -3.87. The van der Waals surface area contributed by atoms with Crippen LogP contribution in [0.5, 0.6) is 0 Å². The lowest BCUT2D eigenvalue weighted by Crippen LogP contribution is -2.46. The maximum Gasteiger partial charge on any atom is 0.271 e. The third kappa shape index (κ3) is 6.85. The van der Waals surface area contributed by atoms with Crippen LogP contribution >= 0.6 is 11.3 Å². The van der Waals surface area contributed by atoms with Crippen molar-refractivity contribution in [2.75, 3.05) is 11.3 Å². The number of hydrogen-bond acceptors (Lipinski definition) is 6. The molecule has 0 radical (unpaired) electrons. The average molecular weight is 491 g/mol. The summed E-state index contributed by atoms with van der Waals surface area (Å²) in [5.74, 6) is -2.46. The quantitative estimate of drug-likeness (QED) is 0.358. The molecule has 0 saturated heterocycles. The second-order valence-corrected chi connectivity index (χ2v) is 9.53. The van der Waals surface area contributed by atoms with E-state index in [2.05, 4.69) is 20.9 Å². The molecule has 172 valence electrons. The fourth-order valence-corrected chi connectivity index (χ4v) is 4.77. The fraction of sp³-hybridized carbons (Fsp3) is 0.0952. The number of benzene rings is 2. The van der Waals surface area contributed by atoms with Crippen molar-refractivity contribution in [1.29, 1.82) is 0 Å². The van der Waals surface area contributed by atoms with Crippen molar-refractivity contribution < 1.29 is 27.2 Å². The van der Waals surface area contributed by atoms with Crippen molar-refractivity contribution in [2.24, 2.45) is 0 Å². The van der Waals surface area contributed by atoms with Gasteiger partial charge in [-0.2, -0.15) is 0 Å². The molecule has 3 amide bonds. The van der Waals surface area contributed by atoms with Gasteiger partial charge in [-0.15, -0.1) is 11.3 Å². The normalized spacial score (nSPS) is 10.8. The molecular weight excluding hydrogens is 471 g/mol. The molecule has 9 nitrogen and oxygen atoms in total. The summed E-state index contributed by atoms with van der Waals surface area (Å²) < 4.78 is 40.5. The van der Waals surface area contributed by atoms with E-state index in [0.29, 0.717) is 5.56 Å². The summed E-state index contributed by atoms with van der Waals surface area (Å²) in [6.45, 7) is -0.429. The SMILES string of the molecule is O=C(Cc1cccc(F)c1)NCC(=O)NNC(=O)c1ccccc1NS(=O)(=O)c1cccs1. The summed E-state index contributed by atoms with van der Waals surface area (Å²) >= 11 is 1.03. The molecule has 33 heavy (non-hydrogen) atoms. The summed E-state index contributed by atoms with van der Waals surface area (Å²) in [4.78, 5) is 36.3. The Hall–Kier alpha value is -3.77. The van der Waals surface area contributed by atoms with Crippen molar-refractivity contribution in [3.63, 3.8) is 0 Å². The van der Waals surface area contributed by atoms with Gasteiger partial charge in [0, 0.05) is 0 Å². The number of anilines is 1. The van der Waals surface area contributed by atoms with Gasteiger partial charge in [0.25, 0.3) is 21.8 Å². The van der Waals surface area contributed by atoms with Gasteiger partial charge < -0.3 is 5.32 Å². The smallest absolute Gasteiger partial charge is 0.271 e. The highest BCUT2D eigenvalue weighted by Gasteiger charge is 2.19. The molecule has 0 aliphatic heterocycles. The summed E-state index contributed by atoms with van der Waals surface area (Å²) in [5.41, 5.74) is 4.76. The molecule has 0 aliphatic rings. The largest absolute Gasteiger partial charge is 0.347 e. The molecule has 3 aromatic rings. The highest BCUT2D eigenvalue weighted by atomic mass is 32.2. The molecule has 0 fully saturated rings. The first-order valence-electron chi connectivity index (χ1n) is 9.50. The van der Waals surface area contributed by atoms with E-state index in [1.54, 1.807) is 23.6 Å². The van der Waals surface area contributed by atoms with E-state index in [1.165, 1.54) is 42.5 Å². The maximum absolute atomic E-state index is 13.2. The summed E-state index contributed by atoms with van der Waals surface area (Å²) in [6.07, 6.45) is -0.116. The Morgan fingerprint density at radius 1 is 0.909 bits per heavy atom. The fourth-order valence-electron chi connectivity index (χ4n) is 2.69. The number of carbonyl (C=O) groups is 3. The van der Waals surface area contributed by atoms with Gasteiger partial charge in [-0.3, -0.25) is 30.0 Å². The van der Waals surface area contributed by atoms with E-state index in [4.69, 9.17) is 0 Å². The first-order chi connectivity index (χ1) is 15.7. The van der Waals surface area contributed by atoms with Crippen LogP contribution in [0.3, 0.4) is 0 Å². The molecule has 0 aliphatic carbocycles. The number of halogens is 1. The first kappa shape index (κ1) is 23.9. The predicted molar refractivity (Wildman–Crippen MR) is 120 cm³/mol. The molecule has 3 rings (SSSR count). The summed E-state index contributed by atoms with van der Waals surface area (Å²) in [5, 5.41) is 3.97. The molecular formula is C21H19FN4O5S2. The lowest BCUT2D eigenvalue weighted by molar-refractivity contribution is -0.126. The van der Waals surface area contributed by atoms with Crippen LogP contribution in [0.1, 0.15) is 15.9 Å². The van der Waals surface area contributed by atoms with Crippen molar-refractivity contribution in [2.45, 2.75) is 10.6 Å². The van der Waals surface area contributed by atoms with Crippen LogP contribution in [-0.4, -0.2) is 32.7 Å². The Balaban J connectivity index is 1.52. The number of carbonyl (C=O) groups excluding carboxylic acids is 3. The van der Waals surface area contributed by atoms with Gasteiger partial charge in [-0.05, 0) is 41.3 Å². The maximum atomic E-state index is 13.2. The van der Waals surface area contributed by atoms with Gasteiger partial charge in [0.15, 0.2) is 0 Å². The zero-order valence-corrected chi connectivity index (χ0v) is 18.6. The third-order valence-electron chi connectivity index (χ3n) is 4.19. The van der Waals surface area contributed by atoms with Crippen LogP contribution < -0.4 is 20.9 Å². The minimum atomic E-state index is -3.87. The molecule has 0 saturated carbocycles. The second-order valence-electron chi connectivity index (χ2n) is 6.67. The van der Waals surface area contributed by atoms with Gasteiger partial charge in [0.05, 0.1) is 24.2 Å². The van der Waals surface area contributed by atoms with E-state index in [-0.39, 0.29) is 21.9 Å². The van der Waals surface area contributed by atoms with Gasteiger partial charge >= 0.3 is 0 Å². The van der Waals surface area contributed by atoms with Crippen LogP contribution in [0.15, 0.2) is 70.3 Å². The number of para-hydroxylation sites is 1.